The second-order valence-electron chi connectivity index (χ2n) is 8.83. The van der Waals surface area contributed by atoms with Crippen molar-refractivity contribution in [3.8, 4) is 28.0 Å². The van der Waals surface area contributed by atoms with Crippen LogP contribution in [0.25, 0.3) is 33.3 Å². The van der Waals surface area contributed by atoms with Crippen molar-refractivity contribution in [1.29, 1.82) is 0 Å². The second-order valence-corrected chi connectivity index (χ2v) is 10.1. The van der Waals surface area contributed by atoms with E-state index in [1.165, 1.54) is 30.0 Å². The Balaban J connectivity index is 1.76. The van der Waals surface area contributed by atoms with Crippen LogP contribution in [0, 0.1) is 5.95 Å². The van der Waals surface area contributed by atoms with Crippen molar-refractivity contribution in [2.75, 3.05) is 33.1 Å². The van der Waals surface area contributed by atoms with E-state index in [0.717, 1.165) is 0 Å². The molecule has 0 unspecified atom stereocenters. The summed E-state index contributed by atoms with van der Waals surface area (Å²) in [6.45, 7) is 0.141. The summed E-state index contributed by atoms with van der Waals surface area (Å²) in [4.78, 5) is 40.8. The van der Waals surface area contributed by atoms with Crippen molar-refractivity contribution in [3.63, 3.8) is 0 Å². The minimum Gasteiger partial charge on any atom is -0.497 e. The lowest BCUT2D eigenvalue weighted by Crippen LogP contribution is -2.13. The van der Waals surface area contributed by atoms with Gasteiger partial charge < -0.3 is 29.3 Å². The Labute approximate surface area is 223 Å². The maximum atomic E-state index is 13.9. The van der Waals surface area contributed by atoms with Crippen molar-refractivity contribution in [2.45, 2.75) is 6.73 Å². The van der Waals surface area contributed by atoms with E-state index in [4.69, 9.17) is 14.5 Å². The molecule has 0 saturated carbocycles. The number of amides is 1. The molecule has 39 heavy (non-hydrogen) atoms. The Morgan fingerprint density at radius 1 is 1.15 bits per heavy atom. The molecule has 4 rings (SSSR count). The number of ether oxygens (including phenoxy) is 1. The molecule has 0 atom stereocenters. The Hall–Kier alpha value is -3.93. The number of aromatic nitrogens is 3. The quantitative estimate of drug-likeness (QED) is 0.150. The molecule has 0 aliphatic heterocycles. The zero-order valence-electron chi connectivity index (χ0n) is 21.4. The van der Waals surface area contributed by atoms with E-state index in [0.29, 0.717) is 51.3 Å². The molecule has 0 aliphatic rings. The van der Waals surface area contributed by atoms with Crippen molar-refractivity contribution < 1.29 is 32.8 Å². The molecule has 13 heteroatoms. The molecule has 204 valence electrons. The van der Waals surface area contributed by atoms with Gasteiger partial charge in [0.1, 0.15) is 18.1 Å². The highest BCUT2D eigenvalue weighted by atomic mass is 31.2. The van der Waals surface area contributed by atoms with Gasteiger partial charge in [-0.05, 0) is 49.5 Å². The number of benzene rings is 1. The number of nitrogens with zero attached hydrogens (tertiary/aromatic N) is 4. The van der Waals surface area contributed by atoms with Gasteiger partial charge in [0.2, 0.25) is 11.9 Å². The predicted octanol–water partition coefficient (Wildman–Crippen LogP) is 4.04. The maximum absolute atomic E-state index is 13.9. The first-order chi connectivity index (χ1) is 18.5. The van der Waals surface area contributed by atoms with E-state index >= 15 is 0 Å². The average Bonchev–Trinajstić information content (AvgIpc) is 3.24. The number of halogens is 1. The second kappa shape index (κ2) is 11.9. The third-order valence-corrected chi connectivity index (χ3v) is 6.05. The number of nitrogens with one attached hydrogen (secondary N) is 1. The number of carbonyl (C=O) groups is 1. The molecule has 0 saturated heterocycles. The monoisotopic (exact) mass is 555 g/mol. The minimum absolute atomic E-state index is 0.297. The van der Waals surface area contributed by atoms with E-state index < -0.39 is 20.5 Å². The minimum atomic E-state index is -4.75. The Bertz CT molecular complexity index is 1580. The molecular formula is C26H27FN5O6P. The van der Waals surface area contributed by atoms with Gasteiger partial charge >= 0.3 is 7.82 Å². The van der Waals surface area contributed by atoms with E-state index in [2.05, 4.69) is 19.8 Å². The normalized spacial score (nSPS) is 12.0. The summed E-state index contributed by atoms with van der Waals surface area (Å²) in [5, 5.41) is 3.40. The molecule has 3 N–H and O–H groups in total. The molecule has 3 aromatic heterocycles. The molecule has 4 aromatic rings. The summed E-state index contributed by atoms with van der Waals surface area (Å²) in [6.07, 6.45) is 7.67. The van der Waals surface area contributed by atoms with Gasteiger partial charge in [0.25, 0.3) is 0 Å². The highest BCUT2D eigenvalue weighted by Gasteiger charge is 2.18. The van der Waals surface area contributed by atoms with Crippen molar-refractivity contribution in [2.24, 2.45) is 0 Å². The molecule has 1 aromatic carbocycles. The van der Waals surface area contributed by atoms with Gasteiger partial charge in [0.05, 0.1) is 7.11 Å². The van der Waals surface area contributed by atoms with Crippen molar-refractivity contribution in [1.82, 2.24) is 19.4 Å². The van der Waals surface area contributed by atoms with Gasteiger partial charge in [-0.2, -0.15) is 4.39 Å². The van der Waals surface area contributed by atoms with Gasteiger partial charge in [0.15, 0.2) is 0 Å². The third kappa shape index (κ3) is 7.34. The zero-order valence-corrected chi connectivity index (χ0v) is 22.3. The Kier molecular flexibility index (Phi) is 8.54. The summed E-state index contributed by atoms with van der Waals surface area (Å²) >= 11 is 0. The first-order valence-corrected chi connectivity index (χ1v) is 13.2. The number of hydrogen-bond donors (Lipinski definition) is 3. The topological polar surface area (TPSA) is 139 Å². The smallest absolute Gasteiger partial charge is 0.471 e. The number of pyridine rings is 2. The largest absolute Gasteiger partial charge is 0.497 e. The fraction of sp³-hybridized carbons (Fsp3) is 0.192. The summed E-state index contributed by atoms with van der Waals surface area (Å²) in [5.74, 6) is -0.477. The third-order valence-electron chi connectivity index (χ3n) is 5.60. The number of carbonyl (C=O) groups excluding carboxylic acids is 1. The standard InChI is InChI=1S/C26H27FN5O6P/c1-31(2)8-4-5-25(33)30-20-9-18(10-21(13-20)37-3)19-11-22-23(17-6-7-28-24(27)12-17)15-32(26(22)29-14-19)16-38-39(34,35)36/h4-7,9-15H,8,16H2,1-3H3,(H,30,33)(H2,34,35,36). The van der Waals surface area contributed by atoms with Crippen LogP contribution in [0.2, 0.25) is 0 Å². The Morgan fingerprint density at radius 2 is 1.95 bits per heavy atom. The number of rotatable bonds is 10. The molecule has 0 radical (unpaired) electrons. The molecule has 3 heterocycles. The molecule has 0 fully saturated rings. The lowest BCUT2D eigenvalue weighted by molar-refractivity contribution is -0.111. The SMILES string of the molecule is COc1cc(NC(=O)C=CCN(C)C)cc(-c2cnc3c(c2)c(-c2ccnc(F)c2)cn3COP(=O)(O)O)c1. The molecule has 0 bridgehead atoms. The number of phosphoric ester groups is 1. The maximum Gasteiger partial charge on any atom is 0.471 e. The number of phosphoric acid groups is 1. The number of likely N-dealkylation sites (N-methyl/N-ethyl adjacent to an activating group) is 1. The Morgan fingerprint density at radius 3 is 2.64 bits per heavy atom. The zero-order chi connectivity index (χ0) is 28.2. The van der Waals surface area contributed by atoms with Gasteiger partial charge in [-0.25, -0.2) is 14.5 Å². The number of hydrogen-bond acceptors (Lipinski definition) is 7. The van der Waals surface area contributed by atoms with Crippen LogP contribution in [0.5, 0.6) is 5.75 Å². The summed E-state index contributed by atoms with van der Waals surface area (Å²) in [6, 6.07) is 9.90. The van der Waals surface area contributed by atoms with Crippen LogP contribution in [0.3, 0.4) is 0 Å². The summed E-state index contributed by atoms with van der Waals surface area (Å²) in [7, 11) is 0.564. The van der Waals surface area contributed by atoms with E-state index in [1.54, 1.807) is 48.8 Å². The number of fused-ring (bicyclic) bond motifs is 1. The molecular weight excluding hydrogens is 528 g/mol. The van der Waals surface area contributed by atoms with Crippen LogP contribution in [0.1, 0.15) is 0 Å². The number of methoxy groups -OCH3 is 1. The van der Waals surface area contributed by atoms with Crippen LogP contribution in [-0.2, 0) is 20.6 Å². The van der Waals surface area contributed by atoms with Gasteiger partial charge in [0, 0.05) is 65.5 Å². The fourth-order valence-corrected chi connectivity index (χ4v) is 4.15. The van der Waals surface area contributed by atoms with Gasteiger partial charge in [-0.15, -0.1) is 0 Å². The van der Waals surface area contributed by atoms with Crippen LogP contribution >= 0.6 is 7.82 Å². The highest BCUT2D eigenvalue weighted by molar-refractivity contribution is 7.46. The lowest BCUT2D eigenvalue weighted by atomic mass is 10.0. The van der Waals surface area contributed by atoms with Crippen molar-refractivity contribution in [3.05, 3.63) is 73.1 Å². The predicted molar refractivity (Wildman–Crippen MR) is 144 cm³/mol. The van der Waals surface area contributed by atoms with E-state index in [1.807, 2.05) is 19.0 Å². The van der Waals surface area contributed by atoms with Crippen molar-refractivity contribution >= 4 is 30.5 Å². The van der Waals surface area contributed by atoms with Crippen LogP contribution in [0.4, 0.5) is 10.1 Å². The molecule has 11 nitrogen and oxygen atoms in total. The molecule has 0 spiro atoms. The van der Waals surface area contributed by atoms with Crippen LogP contribution < -0.4 is 10.1 Å². The average molecular weight is 556 g/mol. The first kappa shape index (κ1) is 28.1. The first-order valence-electron chi connectivity index (χ1n) is 11.6. The summed E-state index contributed by atoms with van der Waals surface area (Å²) in [5.41, 5.74) is 3.25. The highest BCUT2D eigenvalue weighted by Crippen LogP contribution is 2.38. The fourth-order valence-electron chi connectivity index (χ4n) is 3.88. The van der Waals surface area contributed by atoms with E-state index in [9.17, 15) is 13.8 Å². The van der Waals surface area contributed by atoms with E-state index in [-0.39, 0.29) is 5.91 Å². The van der Waals surface area contributed by atoms with Gasteiger partial charge in [-0.1, -0.05) is 6.08 Å². The van der Waals surface area contributed by atoms with Crippen LogP contribution in [-0.4, -0.2) is 62.9 Å². The summed E-state index contributed by atoms with van der Waals surface area (Å²) < 4.78 is 36.8. The number of anilines is 1. The lowest BCUT2D eigenvalue weighted by Gasteiger charge is -2.11. The molecule has 0 aliphatic carbocycles. The molecule has 1 amide bonds. The van der Waals surface area contributed by atoms with Crippen LogP contribution in [0.15, 0.2) is 67.1 Å². The van der Waals surface area contributed by atoms with Gasteiger partial charge in [-0.3, -0.25) is 9.32 Å².